The zero-order valence-corrected chi connectivity index (χ0v) is 13.4. The van der Waals surface area contributed by atoms with E-state index in [4.69, 9.17) is 10.00 Å². The minimum absolute atomic E-state index is 0. The number of nitriles is 1. The average Bonchev–Trinajstić information content (AvgIpc) is 2.75. The monoisotopic (exact) mass is 303 g/mol. The fourth-order valence-electron chi connectivity index (χ4n) is 1.95. The van der Waals surface area contributed by atoms with E-state index >= 15 is 0 Å². The van der Waals surface area contributed by atoms with Gasteiger partial charge in [0.1, 0.15) is 0 Å². The Morgan fingerprint density at radius 1 is 1.33 bits per heavy atom. The van der Waals surface area contributed by atoms with Crippen LogP contribution in [0.5, 0.6) is 0 Å². The third kappa shape index (κ3) is 3.43. The van der Waals surface area contributed by atoms with E-state index in [0.717, 1.165) is 12.1 Å². The molecule has 1 aliphatic rings. The number of ether oxygens (including phenoxy) is 1. The first kappa shape index (κ1) is 17.6. The summed E-state index contributed by atoms with van der Waals surface area (Å²) >= 11 is 0. The molecule has 0 bridgehead atoms. The maximum absolute atomic E-state index is 12.7. The van der Waals surface area contributed by atoms with Crippen LogP contribution in [0.15, 0.2) is 30.2 Å². The number of nitrogens with zero attached hydrogens (tertiary/aromatic N) is 1. The van der Waals surface area contributed by atoms with E-state index in [2.05, 4.69) is 0 Å². The number of benzene rings is 1. The van der Waals surface area contributed by atoms with Crippen molar-refractivity contribution in [3.63, 3.8) is 0 Å². The molecule has 1 aliphatic carbocycles. The Kier molecular flexibility index (Phi) is 5.51. The molecule has 0 unspecified atom stereocenters. The maximum atomic E-state index is 12.7. The van der Waals surface area contributed by atoms with Crippen molar-refractivity contribution in [2.24, 2.45) is 0 Å². The van der Waals surface area contributed by atoms with Crippen LogP contribution in [-0.2, 0) is 10.9 Å². The molecule has 7 heteroatoms. The van der Waals surface area contributed by atoms with E-state index < -0.39 is 17.7 Å². The molecule has 1 aromatic carbocycles. The van der Waals surface area contributed by atoms with E-state index in [1.807, 2.05) is 6.07 Å². The Morgan fingerprint density at radius 3 is 2.52 bits per heavy atom. The molecule has 0 aliphatic heterocycles. The van der Waals surface area contributed by atoms with Crippen molar-refractivity contribution in [3.05, 3.63) is 46.9 Å². The molecule has 2 rings (SSSR count). The normalized spacial score (nSPS) is 15.5. The molecule has 21 heavy (non-hydrogen) atoms. The molecule has 0 aromatic heterocycles. The van der Waals surface area contributed by atoms with Crippen molar-refractivity contribution in [1.82, 2.24) is 0 Å². The van der Waals surface area contributed by atoms with Gasteiger partial charge in [0.05, 0.1) is 23.2 Å². The number of rotatable bonds is 2. The molecule has 0 spiro atoms. The van der Waals surface area contributed by atoms with Gasteiger partial charge in [-0.2, -0.15) is 18.4 Å². The number of alkyl halides is 3. The minimum atomic E-state index is -4.51. The van der Waals surface area contributed by atoms with Crippen LogP contribution in [0.3, 0.4) is 0 Å². The number of halogens is 3. The van der Waals surface area contributed by atoms with Gasteiger partial charge in [0.15, 0.2) is 0 Å². The zero-order chi connectivity index (χ0) is 14.9. The van der Waals surface area contributed by atoms with Crippen LogP contribution in [0.1, 0.15) is 23.6 Å². The third-order valence-corrected chi connectivity index (χ3v) is 2.83. The second kappa shape index (κ2) is 6.56. The van der Waals surface area contributed by atoms with Gasteiger partial charge in [0, 0.05) is 11.1 Å². The molecule has 0 fully saturated rings. The summed E-state index contributed by atoms with van der Waals surface area (Å²) in [5.74, 6) is -0.738. The first-order valence-electron chi connectivity index (χ1n) is 5.76. The summed E-state index contributed by atoms with van der Waals surface area (Å²) in [5, 5.41) is 20.7. The van der Waals surface area contributed by atoms with Gasteiger partial charge in [0.25, 0.3) is 0 Å². The molecular formula is C14H9F3NNaO2. The Labute approximate surface area is 141 Å². The van der Waals surface area contributed by atoms with Gasteiger partial charge in [-0.1, -0.05) is 13.0 Å². The smallest absolute Gasteiger partial charge is 0.613 e. The molecule has 104 valence electrons. The number of fused-ring (bicyclic) bond motifs is 1. The molecule has 0 atom stereocenters. The van der Waals surface area contributed by atoms with Crippen LogP contribution < -0.4 is 34.7 Å². The van der Waals surface area contributed by atoms with Crippen LogP contribution in [0.4, 0.5) is 13.2 Å². The summed E-state index contributed by atoms with van der Waals surface area (Å²) in [7, 11) is 0. The third-order valence-electron chi connectivity index (χ3n) is 2.83. The summed E-state index contributed by atoms with van der Waals surface area (Å²) < 4.78 is 42.9. The molecule has 0 heterocycles. The molecule has 0 radical (unpaired) electrons. The first-order valence-corrected chi connectivity index (χ1v) is 5.76. The molecular weight excluding hydrogens is 294 g/mol. The minimum Gasteiger partial charge on any atom is -0.613 e. The summed E-state index contributed by atoms with van der Waals surface area (Å²) in [5.41, 5.74) is -0.356. The van der Waals surface area contributed by atoms with Gasteiger partial charge >= 0.3 is 35.7 Å². The molecule has 0 saturated carbocycles. The van der Waals surface area contributed by atoms with Crippen molar-refractivity contribution in [1.29, 1.82) is 5.26 Å². The molecule has 0 saturated heterocycles. The molecule has 0 amide bonds. The van der Waals surface area contributed by atoms with Crippen LogP contribution in [0.25, 0.3) is 11.1 Å². The van der Waals surface area contributed by atoms with Crippen molar-refractivity contribution in [2.45, 2.75) is 13.1 Å². The van der Waals surface area contributed by atoms with Gasteiger partial charge in [-0.05, 0) is 30.4 Å². The van der Waals surface area contributed by atoms with E-state index in [-0.39, 0.29) is 52.9 Å². The quantitative estimate of drug-likeness (QED) is 0.556. The van der Waals surface area contributed by atoms with E-state index in [0.29, 0.717) is 5.56 Å². The zero-order valence-electron chi connectivity index (χ0n) is 11.4. The van der Waals surface area contributed by atoms with Crippen molar-refractivity contribution in [3.8, 4) is 6.07 Å². The summed E-state index contributed by atoms with van der Waals surface area (Å²) in [6, 6.07) is 4.80. The van der Waals surface area contributed by atoms with E-state index in [9.17, 15) is 18.3 Å². The summed E-state index contributed by atoms with van der Waals surface area (Å²) in [6.45, 7) is 1.70. The molecule has 3 nitrogen and oxygen atoms in total. The Morgan fingerprint density at radius 2 is 2.00 bits per heavy atom. The average molecular weight is 303 g/mol. The Hall–Kier alpha value is -1.42. The number of allylic oxidation sites excluding steroid dienone is 3. The SMILES string of the molecule is CCO/C([O-])=C1/C=C(C#N)c2ccc(C(F)(F)F)cc21.[Na+]. The molecule has 1 aromatic rings. The van der Waals surface area contributed by atoms with Crippen molar-refractivity contribution >= 4 is 11.1 Å². The van der Waals surface area contributed by atoms with Crippen LogP contribution >= 0.6 is 0 Å². The van der Waals surface area contributed by atoms with Crippen LogP contribution in [0.2, 0.25) is 0 Å². The maximum Gasteiger partial charge on any atom is 1.00 e. The largest absolute Gasteiger partial charge is 1.00 e. The number of hydrogen-bond donors (Lipinski definition) is 0. The van der Waals surface area contributed by atoms with Crippen molar-refractivity contribution in [2.75, 3.05) is 6.61 Å². The predicted octanol–water partition coefficient (Wildman–Crippen LogP) is -0.305. The fourth-order valence-corrected chi connectivity index (χ4v) is 1.95. The first-order chi connectivity index (χ1) is 9.38. The molecule has 0 N–H and O–H groups in total. The second-order valence-corrected chi connectivity index (χ2v) is 4.06. The van der Waals surface area contributed by atoms with E-state index in [1.54, 1.807) is 6.92 Å². The van der Waals surface area contributed by atoms with Crippen LogP contribution in [-0.4, -0.2) is 6.61 Å². The van der Waals surface area contributed by atoms with Crippen molar-refractivity contribution < 1.29 is 52.6 Å². The topological polar surface area (TPSA) is 56.1 Å². The van der Waals surface area contributed by atoms with Gasteiger partial charge in [-0.25, -0.2) is 0 Å². The fraction of sp³-hybridized carbons (Fsp3) is 0.214. The Bertz CT molecular complexity index is 657. The second-order valence-electron chi connectivity index (χ2n) is 4.06. The van der Waals surface area contributed by atoms with Gasteiger partial charge < -0.3 is 9.84 Å². The van der Waals surface area contributed by atoms with Gasteiger partial charge in [-0.15, -0.1) is 0 Å². The number of hydrogen-bond acceptors (Lipinski definition) is 3. The van der Waals surface area contributed by atoms with E-state index in [1.165, 1.54) is 12.1 Å². The van der Waals surface area contributed by atoms with Gasteiger partial charge in [0.2, 0.25) is 0 Å². The standard InChI is InChI=1S/C14H10F3NO2.Na/c1-2-20-13(19)12-5-8(7-18)10-4-3-9(6-11(10)12)14(15,16)17;/h3-6,19H,2H2,1H3;/q;+1/p-1/b13-12-;. The van der Waals surface area contributed by atoms with Gasteiger partial charge in [-0.3, -0.25) is 0 Å². The summed E-state index contributed by atoms with van der Waals surface area (Å²) in [6.07, 6.45) is -3.26. The van der Waals surface area contributed by atoms with Crippen LogP contribution in [0, 0.1) is 11.3 Å². The summed E-state index contributed by atoms with van der Waals surface area (Å²) in [4.78, 5) is 0. The Balaban J connectivity index is 0.00000220. The predicted molar refractivity (Wildman–Crippen MR) is 63.6 cm³/mol.